The molecule has 26 heavy (non-hydrogen) atoms. The van der Waals surface area contributed by atoms with Gasteiger partial charge in [0.2, 0.25) is 0 Å². The minimum atomic E-state index is 0.0114. The molecule has 0 saturated heterocycles. The van der Waals surface area contributed by atoms with Crippen LogP contribution < -0.4 is 15.3 Å². The maximum atomic E-state index is 6.07. The summed E-state index contributed by atoms with van der Waals surface area (Å²) in [6, 6.07) is 13.2. The zero-order valence-electron chi connectivity index (χ0n) is 17.1. The Morgan fingerprint density at radius 1 is 1.04 bits per heavy atom. The van der Waals surface area contributed by atoms with E-state index in [1.165, 1.54) is 27.3 Å². The highest BCUT2D eigenvalue weighted by Crippen LogP contribution is 2.34. The van der Waals surface area contributed by atoms with Crippen LogP contribution in [0, 0.1) is 6.92 Å². The zero-order chi connectivity index (χ0) is 19.3. The third-order valence-corrected chi connectivity index (χ3v) is 5.53. The molecule has 0 amide bonds. The van der Waals surface area contributed by atoms with Gasteiger partial charge in [0.25, 0.3) is 0 Å². The first kappa shape index (κ1) is 20.9. The van der Waals surface area contributed by atoms with Crippen molar-refractivity contribution in [3.05, 3.63) is 53.1 Å². The molecule has 1 unspecified atom stereocenters. The van der Waals surface area contributed by atoms with E-state index in [0.717, 1.165) is 12.3 Å². The summed E-state index contributed by atoms with van der Waals surface area (Å²) in [6.45, 7) is 10.1. The third kappa shape index (κ3) is 5.54. The number of rotatable bonds is 7. The van der Waals surface area contributed by atoms with Crippen LogP contribution in [-0.4, -0.2) is 32.9 Å². The number of nitrogens with zero attached hydrogens (tertiary/aromatic N) is 1. The molecular formula is C22H32NO2P. The van der Waals surface area contributed by atoms with Gasteiger partial charge in [-0.1, -0.05) is 59.7 Å². The highest BCUT2D eigenvalue weighted by atomic mass is 31.1. The minimum Gasteiger partial charge on any atom is -0.467 e. The normalized spacial score (nSPS) is 12.3. The van der Waals surface area contributed by atoms with E-state index in [1.807, 2.05) is 0 Å². The average molecular weight is 373 g/mol. The second kappa shape index (κ2) is 8.99. The molecule has 2 aromatic carbocycles. The molecule has 0 spiro atoms. The van der Waals surface area contributed by atoms with Gasteiger partial charge in [-0.25, -0.2) is 0 Å². The van der Waals surface area contributed by atoms with Crippen molar-refractivity contribution in [2.45, 2.75) is 39.7 Å². The fourth-order valence-electron chi connectivity index (χ4n) is 2.96. The molecule has 2 rings (SSSR count). The Labute approximate surface area is 160 Å². The Morgan fingerprint density at radius 2 is 1.73 bits per heavy atom. The minimum absolute atomic E-state index is 0.0114. The van der Waals surface area contributed by atoms with Crippen molar-refractivity contribution < 1.29 is 9.47 Å². The molecule has 0 saturated carbocycles. The van der Waals surface area contributed by atoms with E-state index in [-0.39, 0.29) is 12.2 Å². The fourth-order valence-corrected chi connectivity index (χ4v) is 4.38. The van der Waals surface area contributed by atoms with Crippen LogP contribution in [0.25, 0.3) is 0 Å². The Balaban J connectivity index is 2.50. The van der Waals surface area contributed by atoms with E-state index in [4.69, 9.17) is 9.47 Å². The standard InChI is InChI=1S/C22H32NO2P/c1-16-12-18(22(2,3)4)21(25-15-24-7)20(13-16)26-19-11-9-8-10-17(19)14-23(5)6/h8-13,26H,14-15H2,1-7H3. The molecule has 0 aliphatic carbocycles. The molecule has 4 heteroatoms. The molecule has 0 N–H and O–H groups in total. The molecular weight excluding hydrogens is 341 g/mol. The van der Waals surface area contributed by atoms with Gasteiger partial charge in [-0.3, -0.25) is 0 Å². The van der Waals surface area contributed by atoms with E-state index < -0.39 is 0 Å². The maximum Gasteiger partial charge on any atom is 0.188 e. The Bertz CT molecular complexity index is 735. The van der Waals surface area contributed by atoms with E-state index in [1.54, 1.807) is 7.11 Å². The van der Waals surface area contributed by atoms with Gasteiger partial charge < -0.3 is 14.4 Å². The Hall–Kier alpha value is -1.41. The van der Waals surface area contributed by atoms with Gasteiger partial charge >= 0.3 is 0 Å². The van der Waals surface area contributed by atoms with Crippen molar-refractivity contribution in [2.75, 3.05) is 28.0 Å². The summed E-state index contributed by atoms with van der Waals surface area (Å²) >= 11 is 0. The van der Waals surface area contributed by atoms with Gasteiger partial charge in [0, 0.05) is 24.5 Å². The SMILES string of the molecule is COCOc1c(Pc2ccccc2CN(C)C)cc(C)cc1C(C)(C)C. The second-order valence-electron chi connectivity index (χ2n) is 8.01. The maximum absolute atomic E-state index is 6.07. The lowest BCUT2D eigenvalue weighted by molar-refractivity contribution is 0.0506. The summed E-state index contributed by atoms with van der Waals surface area (Å²) in [4.78, 5) is 2.21. The van der Waals surface area contributed by atoms with Crippen LogP contribution in [0.1, 0.15) is 37.5 Å². The summed E-state index contributed by atoms with van der Waals surface area (Å²) in [5.74, 6) is 0.975. The first-order chi connectivity index (χ1) is 12.2. The van der Waals surface area contributed by atoms with Crippen LogP contribution in [-0.2, 0) is 16.7 Å². The van der Waals surface area contributed by atoms with Crippen LogP contribution in [0.5, 0.6) is 5.75 Å². The first-order valence-electron chi connectivity index (χ1n) is 8.99. The number of hydrogen-bond acceptors (Lipinski definition) is 3. The number of hydrogen-bond donors (Lipinski definition) is 0. The number of benzene rings is 2. The van der Waals surface area contributed by atoms with Crippen LogP contribution in [0.2, 0.25) is 0 Å². The number of aryl methyl sites for hydroxylation is 1. The van der Waals surface area contributed by atoms with Gasteiger partial charge in [-0.05, 0) is 48.9 Å². The molecule has 0 radical (unpaired) electrons. The highest BCUT2D eigenvalue weighted by Gasteiger charge is 2.23. The molecule has 0 aliphatic rings. The average Bonchev–Trinajstić information content (AvgIpc) is 2.54. The van der Waals surface area contributed by atoms with Crippen LogP contribution in [0.3, 0.4) is 0 Å². The molecule has 2 aromatic rings. The lowest BCUT2D eigenvalue weighted by Crippen LogP contribution is -2.22. The molecule has 3 nitrogen and oxygen atoms in total. The monoisotopic (exact) mass is 373 g/mol. The number of methoxy groups -OCH3 is 1. The molecule has 0 bridgehead atoms. The first-order valence-corrected chi connectivity index (χ1v) is 9.99. The summed E-state index contributed by atoms with van der Waals surface area (Å²) in [6.07, 6.45) is 0. The van der Waals surface area contributed by atoms with E-state index in [0.29, 0.717) is 8.58 Å². The predicted molar refractivity (Wildman–Crippen MR) is 114 cm³/mol. The number of ether oxygens (including phenoxy) is 2. The fraction of sp³-hybridized carbons (Fsp3) is 0.455. The van der Waals surface area contributed by atoms with E-state index in [9.17, 15) is 0 Å². The van der Waals surface area contributed by atoms with Gasteiger partial charge in [-0.2, -0.15) is 0 Å². The molecule has 142 valence electrons. The highest BCUT2D eigenvalue weighted by molar-refractivity contribution is 7.55. The summed E-state index contributed by atoms with van der Waals surface area (Å²) in [5, 5.41) is 2.62. The molecule has 1 atom stereocenters. The van der Waals surface area contributed by atoms with Crippen LogP contribution >= 0.6 is 8.58 Å². The van der Waals surface area contributed by atoms with E-state index >= 15 is 0 Å². The van der Waals surface area contributed by atoms with Crippen molar-refractivity contribution in [2.24, 2.45) is 0 Å². The quantitative estimate of drug-likeness (QED) is 0.542. The van der Waals surface area contributed by atoms with Gasteiger partial charge in [0.15, 0.2) is 6.79 Å². The topological polar surface area (TPSA) is 21.7 Å². The summed E-state index contributed by atoms with van der Waals surface area (Å²) in [5.41, 5.74) is 3.89. The van der Waals surface area contributed by atoms with Gasteiger partial charge in [-0.15, -0.1) is 0 Å². The second-order valence-corrected chi connectivity index (χ2v) is 9.34. The van der Waals surface area contributed by atoms with Crippen molar-refractivity contribution >= 4 is 19.2 Å². The van der Waals surface area contributed by atoms with Crippen molar-refractivity contribution in [1.29, 1.82) is 0 Å². The largest absolute Gasteiger partial charge is 0.467 e. The molecule has 0 aliphatic heterocycles. The van der Waals surface area contributed by atoms with Gasteiger partial charge in [0.1, 0.15) is 5.75 Å². The summed E-state index contributed by atoms with van der Waals surface area (Å²) < 4.78 is 11.3. The lowest BCUT2D eigenvalue weighted by Gasteiger charge is -2.26. The predicted octanol–water partition coefficient (Wildman–Crippen LogP) is 3.97. The molecule has 0 fully saturated rings. The lowest BCUT2D eigenvalue weighted by atomic mass is 9.85. The van der Waals surface area contributed by atoms with Crippen molar-refractivity contribution in [3.8, 4) is 5.75 Å². The summed E-state index contributed by atoms with van der Waals surface area (Å²) in [7, 11) is 6.43. The van der Waals surface area contributed by atoms with Crippen LogP contribution in [0.15, 0.2) is 36.4 Å². The zero-order valence-corrected chi connectivity index (χ0v) is 18.1. The third-order valence-electron chi connectivity index (χ3n) is 4.14. The Kier molecular flexibility index (Phi) is 7.23. The van der Waals surface area contributed by atoms with Crippen molar-refractivity contribution in [3.63, 3.8) is 0 Å². The van der Waals surface area contributed by atoms with E-state index in [2.05, 4.69) is 83.1 Å². The van der Waals surface area contributed by atoms with Gasteiger partial charge in [0.05, 0.1) is 0 Å². The van der Waals surface area contributed by atoms with Crippen molar-refractivity contribution in [1.82, 2.24) is 4.90 Å². The smallest absolute Gasteiger partial charge is 0.188 e. The van der Waals surface area contributed by atoms with Crippen LogP contribution in [0.4, 0.5) is 0 Å². The molecule has 0 aromatic heterocycles. The molecule has 0 heterocycles. The Morgan fingerprint density at radius 3 is 2.35 bits per heavy atom.